The number of aryl methyl sites for hydroxylation is 2. The Hall–Kier alpha value is -2.49. The number of benzene rings is 1. The zero-order valence-electron chi connectivity index (χ0n) is 10.8. The smallest absolute Gasteiger partial charge is 0.282 e. The summed E-state index contributed by atoms with van der Waals surface area (Å²) in [5.41, 5.74) is 2.53. The summed E-state index contributed by atoms with van der Waals surface area (Å²) < 4.78 is 1.91. The lowest BCUT2D eigenvalue weighted by atomic mass is 10.2. The summed E-state index contributed by atoms with van der Waals surface area (Å²) in [5.74, 6) is 0.641. The van der Waals surface area contributed by atoms with Gasteiger partial charge in [-0.2, -0.15) is 4.98 Å². The fourth-order valence-electron chi connectivity index (χ4n) is 2.23. The van der Waals surface area contributed by atoms with Crippen LogP contribution in [0.4, 0.5) is 0 Å². The van der Waals surface area contributed by atoms with Crippen molar-refractivity contribution in [2.24, 2.45) is 0 Å². The van der Waals surface area contributed by atoms with Gasteiger partial charge in [-0.15, -0.1) is 0 Å². The van der Waals surface area contributed by atoms with Crippen LogP contribution in [0, 0.1) is 13.8 Å². The van der Waals surface area contributed by atoms with Gasteiger partial charge >= 0.3 is 0 Å². The molecule has 0 aliphatic rings. The van der Waals surface area contributed by atoms with Gasteiger partial charge in [-0.05, 0) is 43.7 Å². The molecule has 0 bridgehead atoms. The predicted octanol–water partition coefficient (Wildman–Crippen LogP) is 2.40. The van der Waals surface area contributed by atoms with Crippen LogP contribution in [0.15, 0.2) is 47.4 Å². The number of fused-ring (bicyclic) bond motifs is 1. The van der Waals surface area contributed by atoms with E-state index in [9.17, 15) is 4.79 Å². The Kier molecular flexibility index (Phi) is 2.63. The summed E-state index contributed by atoms with van der Waals surface area (Å²) in [6, 6.07) is 11.6. The van der Waals surface area contributed by atoms with Crippen molar-refractivity contribution in [3.05, 3.63) is 64.3 Å². The first-order valence-corrected chi connectivity index (χ1v) is 6.08. The van der Waals surface area contributed by atoms with Gasteiger partial charge in [0.25, 0.3) is 5.56 Å². The first-order valence-electron chi connectivity index (χ1n) is 6.08. The quantitative estimate of drug-likeness (QED) is 0.667. The Morgan fingerprint density at radius 3 is 2.74 bits per heavy atom. The molecule has 0 fully saturated rings. The summed E-state index contributed by atoms with van der Waals surface area (Å²) in [6.45, 7) is 3.85. The van der Waals surface area contributed by atoms with Crippen LogP contribution in [0.2, 0.25) is 0 Å². The van der Waals surface area contributed by atoms with Crippen molar-refractivity contribution in [2.45, 2.75) is 13.8 Å². The van der Waals surface area contributed by atoms with E-state index in [2.05, 4.69) is 9.97 Å². The fraction of sp³-hybridized carbons (Fsp3) is 0.133. The van der Waals surface area contributed by atoms with E-state index in [1.807, 2.05) is 42.7 Å². The van der Waals surface area contributed by atoms with Crippen molar-refractivity contribution in [1.29, 1.82) is 0 Å². The SMILES string of the molecule is Cc1cccc(-n2c(C)nc(=O)c3cccnc32)c1. The van der Waals surface area contributed by atoms with Gasteiger partial charge in [0, 0.05) is 11.9 Å². The van der Waals surface area contributed by atoms with E-state index in [1.165, 1.54) is 0 Å². The molecule has 2 heterocycles. The average Bonchev–Trinajstić information content (AvgIpc) is 2.39. The molecule has 0 aliphatic heterocycles. The molecule has 0 aliphatic carbocycles. The van der Waals surface area contributed by atoms with E-state index in [-0.39, 0.29) is 5.56 Å². The van der Waals surface area contributed by atoms with Crippen LogP contribution in [0.5, 0.6) is 0 Å². The molecule has 0 amide bonds. The van der Waals surface area contributed by atoms with Gasteiger partial charge < -0.3 is 0 Å². The van der Waals surface area contributed by atoms with Crippen molar-refractivity contribution in [1.82, 2.24) is 14.5 Å². The molecule has 3 rings (SSSR count). The van der Waals surface area contributed by atoms with Gasteiger partial charge in [0.2, 0.25) is 0 Å². The lowest BCUT2D eigenvalue weighted by Crippen LogP contribution is -2.16. The lowest BCUT2D eigenvalue weighted by molar-refractivity contribution is 0.916. The molecule has 0 spiro atoms. The highest BCUT2D eigenvalue weighted by molar-refractivity contribution is 5.75. The molecular weight excluding hydrogens is 238 g/mol. The Morgan fingerprint density at radius 1 is 1.11 bits per heavy atom. The minimum absolute atomic E-state index is 0.232. The molecule has 3 aromatic rings. The maximum Gasteiger partial charge on any atom is 0.282 e. The third kappa shape index (κ3) is 1.91. The van der Waals surface area contributed by atoms with Gasteiger partial charge in [0.1, 0.15) is 5.82 Å². The first kappa shape index (κ1) is 11.6. The normalized spacial score (nSPS) is 10.8. The van der Waals surface area contributed by atoms with E-state index in [4.69, 9.17) is 0 Å². The number of pyridine rings is 1. The Bertz CT molecular complexity index is 821. The number of hydrogen-bond donors (Lipinski definition) is 0. The second kappa shape index (κ2) is 4.31. The molecule has 94 valence electrons. The third-order valence-corrected chi connectivity index (χ3v) is 3.08. The second-order valence-corrected chi connectivity index (χ2v) is 4.51. The fourth-order valence-corrected chi connectivity index (χ4v) is 2.23. The zero-order chi connectivity index (χ0) is 13.4. The molecule has 2 aromatic heterocycles. The summed E-state index contributed by atoms with van der Waals surface area (Å²) >= 11 is 0. The van der Waals surface area contributed by atoms with E-state index >= 15 is 0 Å². The maximum absolute atomic E-state index is 11.9. The first-order chi connectivity index (χ1) is 9.16. The Morgan fingerprint density at radius 2 is 1.95 bits per heavy atom. The summed E-state index contributed by atoms with van der Waals surface area (Å²) in [5, 5.41) is 0.537. The van der Waals surface area contributed by atoms with Crippen molar-refractivity contribution in [3.63, 3.8) is 0 Å². The molecule has 0 unspecified atom stereocenters. The van der Waals surface area contributed by atoms with Crippen molar-refractivity contribution < 1.29 is 0 Å². The van der Waals surface area contributed by atoms with Gasteiger partial charge in [-0.3, -0.25) is 9.36 Å². The van der Waals surface area contributed by atoms with Crippen LogP contribution in [0.3, 0.4) is 0 Å². The summed E-state index contributed by atoms with van der Waals surface area (Å²) in [7, 11) is 0. The highest BCUT2D eigenvalue weighted by Crippen LogP contribution is 2.16. The number of hydrogen-bond acceptors (Lipinski definition) is 3. The topological polar surface area (TPSA) is 47.8 Å². The molecule has 4 nitrogen and oxygen atoms in total. The minimum Gasteiger partial charge on any atom is -0.282 e. The Labute approximate surface area is 110 Å². The van der Waals surface area contributed by atoms with Gasteiger partial charge in [0.05, 0.1) is 5.39 Å². The zero-order valence-corrected chi connectivity index (χ0v) is 10.8. The molecule has 19 heavy (non-hydrogen) atoms. The molecular formula is C15H13N3O. The van der Waals surface area contributed by atoms with Gasteiger partial charge in [-0.1, -0.05) is 12.1 Å². The third-order valence-electron chi connectivity index (χ3n) is 3.08. The van der Waals surface area contributed by atoms with Crippen LogP contribution >= 0.6 is 0 Å². The van der Waals surface area contributed by atoms with Crippen molar-refractivity contribution >= 4 is 11.0 Å². The molecule has 0 N–H and O–H groups in total. The number of aromatic nitrogens is 3. The molecule has 0 radical (unpaired) electrons. The van der Waals surface area contributed by atoms with Crippen LogP contribution in [-0.2, 0) is 0 Å². The van der Waals surface area contributed by atoms with Crippen LogP contribution in [-0.4, -0.2) is 14.5 Å². The number of nitrogens with zero attached hydrogens (tertiary/aromatic N) is 3. The average molecular weight is 251 g/mol. The van der Waals surface area contributed by atoms with Crippen molar-refractivity contribution in [3.8, 4) is 5.69 Å². The van der Waals surface area contributed by atoms with Gasteiger partial charge in [0.15, 0.2) is 5.65 Å². The largest absolute Gasteiger partial charge is 0.282 e. The molecule has 1 aromatic carbocycles. The minimum atomic E-state index is -0.232. The van der Waals surface area contributed by atoms with Crippen molar-refractivity contribution in [2.75, 3.05) is 0 Å². The Balaban J connectivity index is 2.44. The predicted molar refractivity (Wildman–Crippen MR) is 74.6 cm³/mol. The van der Waals surface area contributed by atoms with E-state index in [1.54, 1.807) is 18.3 Å². The molecule has 0 saturated carbocycles. The van der Waals surface area contributed by atoms with Crippen LogP contribution < -0.4 is 5.56 Å². The highest BCUT2D eigenvalue weighted by Gasteiger charge is 2.10. The summed E-state index contributed by atoms with van der Waals surface area (Å²) in [4.78, 5) is 20.3. The lowest BCUT2D eigenvalue weighted by Gasteiger charge is -2.12. The molecule has 0 saturated heterocycles. The summed E-state index contributed by atoms with van der Waals surface area (Å²) in [6.07, 6.45) is 1.69. The van der Waals surface area contributed by atoms with Crippen LogP contribution in [0.25, 0.3) is 16.7 Å². The van der Waals surface area contributed by atoms with E-state index in [0.717, 1.165) is 11.3 Å². The molecule has 4 heteroatoms. The van der Waals surface area contributed by atoms with E-state index < -0.39 is 0 Å². The number of rotatable bonds is 1. The highest BCUT2D eigenvalue weighted by atomic mass is 16.1. The van der Waals surface area contributed by atoms with Crippen LogP contribution in [0.1, 0.15) is 11.4 Å². The molecule has 0 atom stereocenters. The standard InChI is InChI=1S/C15H13N3O/c1-10-5-3-6-12(9-10)18-11(2)17-15(19)13-7-4-8-16-14(13)18/h3-9H,1-2H3. The van der Waals surface area contributed by atoms with Gasteiger partial charge in [-0.25, -0.2) is 4.98 Å². The maximum atomic E-state index is 11.9. The second-order valence-electron chi connectivity index (χ2n) is 4.51. The van der Waals surface area contributed by atoms with E-state index in [0.29, 0.717) is 16.9 Å². The monoisotopic (exact) mass is 251 g/mol.